The molecule has 0 fully saturated rings. The van der Waals surface area contributed by atoms with Gasteiger partial charge in [0.2, 0.25) is 5.88 Å². The van der Waals surface area contributed by atoms with Crippen molar-refractivity contribution in [1.29, 1.82) is 0 Å². The Labute approximate surface area is 108 Å². The number of nitrogens with two attached hydrogens (primary N) is 1. The first kappa shape index (κ1) is 12.6. The van der Waals surface area contributed by atoms with E-state index in [1.807, 2.05) is 0 Å². The molecule has 1 aromatic heterocycles. The van der Waals surface area contributed by atoms with Crippen LogP contribution in [0, 0.1) is 6.92 Å². The van der Waals surface area contributed by atoms with E-state index in [1.165, 1.54) is 18.3 Å². The molecule has 2 aromatic rings. The number of aryl methyl sites for hydroxylation is 1. The number of nitrogen functional groups attached to an aromatic ring is 1. The fraction of sp³-hybridized carbons (Fsp3) is 0.0833. The van der Waals surface area contributed by atoms with Gasteiger partial charge in [-0.1, -0.05) is 5.16 Å². The van der Waals surface area contributed by atoms with Crippen LogP contribution in [0.25, 0.3) is 0 Å². The van der Waals surface area contributed by atoms with Crippen molar-refractivity contribution in [3.63, 3.8) is 0 Å². The largest absolute Gasteiger partial charge is 0.508 e. The minimum Gasteiger partial charge on any atom is -0.508 e. The standard InChI is InChI=1S/C12H12N4O3/c1-7-10(11(13)19-16-7)12(18)15-14-6-8-2-4-9(17)5-3-8/h2-6,17H,13H2,1H3,(H,15,18)/b14-6+. The van der Waals surface area contributed by atoms with Crippen LogP contribution < -0.4 is 11.2 Å². The van der Waals surface area contributed by atoms with Crippen molar-refractivity contribution >= 4 is 18.0 Å². The monoisotopic (exact) mass is 260 g/mol. The third-order valence-corrected chi connectivity index (χ3v) is 2.39. The first-order valence-electron chi connectivity index (χ1n) is 5.42. The van der Waals surface area contributed by atoms with E-state index in [-0.39, 0.29) is 17.2 Å². The highest BCUT2D eigenvalue weighted by molar-refractivity contribution is 5.99. The van der Waals surface area contributed by atoms with Crippen molar-refractivity contribution in [2.75, 3.05) is 5.73 Å². The van der Waals surface area contributed by atoms with E-state index in [1.54, 1.807) is 19.1 Å². The quantitative estimate of drug-likeness (QED) is 0.563. The average molecular weight is 260 g/mol. The van der Waals surface area contributed by atoms with Gasteiger partial charge in [-0.2, -0.15) is 5.10 Å². The van der Waals surface area contributed by atoms with Gasteiger partial charge in [-0.3, -0.25) is 4.79 Å². The summed E-state index contributed by atoms with van der Waals surface area (Å²) in [6.07, 6.45) is 1.44. The van der Waals surface area contributed by atoms with Crippen LogP contribution in [0.4, 0.5) is 5.88 Å². The molecule has 0 unspecified atom stereocenters. The van der Waals surface area contributed by atoms with Crippen LogP contribution in [0.1, 0.15) is 21.6 Å². The van der Waals surface area contributed by atoms with E-state index in [9.17, 15) is 4.79 Å². The molecule has 7 heteroatoms. The number of hydrogen-bond acceptors (Lipinski definition) is 6. The molecule has 0 aliphatic heterocycles. The maximum Gasteiger partial charge on any atom is 0.278 e. The molecule has 1 amide bonds. The molecule has 4 N–H and O–H groups in total. The summed E-state index contributed by atoms with van der Waals surface area (Å²) in [5, 5.41) is 16.5. The molecular weight excluding hydrogens is 248 g/mol. The number of phenolic OH excluding ortho intramolecular Hbond substituents is 1. The second kappa shape index (κ2) is 5.21. The molecule has 1 aromatic carbocycles. The van der Waals surface area contributed by atoms with Crippen molar-refractivity contribution in [2.45, 2.75) is 6.92 Å². The molecular formula is C12H12N4O3. The second-order valence-electron chi connectivity index (χ2n) is 3.80. The van der Waals surface area contributed by atoms with Gasteiger partial charge >= 0.3 is 0 Å². The summed E-state index contributed by atoms with van der Waals surface area (Å²) in [6.45, 7) is 1.61. The highest BCUT2D eigenvalue weighted by Gasteiger charge is 2.17. The van der Waals surface area contributed by atoms with Crippen LogP contribution in [0.3, 0.4) is 0 Å². The SMILES string of the molecule is Cc1noc(N)c1C(=O)N/N=C/c1ccc(O)cc1. The predicted molar refractivity (Wildman–Crippen MR) is 68.8 cm³/mol. The summed E-state index contributed by atoms with van der Waals surface area (Å²) in [5.74, 6) is -0.379. The van der Waals surface area contributed by atoms with Crippen LogP contribution in [0.5, 0.6) is 5.75 Å². The number of carbonyl (C=O) groups excluding carboxylic acids is 1. The van der Waals surface area contributed by atoms with Gasteiger partial charge < -0.3 is 15.4 Å². The van der Waals surface area contributed by atoms with Gasteiger partial charge in [-0.05, 0) is 36.8 Å². The number of nitrogens with one attached hydrogen (secondary N) is 1. The van der Waals surface area contributed by atoms with Crippen LogP contribution >= 0.6 is 0 Å². The van der Waals surface area contributed by atoms with Gasteiger partial charge in [0.15, 0.2) is 0 Å². The number of nitrogens with zero attached hydrogens (tertiary/aromatic N) is 2. The van der Waals surface area contributed by atoms with Crippen LogP contribution in [-0.4, -0.2) is 22.4 Å². The molecule has 0 spiro atoms. The number of anilines is 1. The zero-order chi connectivity index (χ0) is 13.8. The lowest BCUT2D eigenvalue weighted by molar-refractivity contribution is 0.0955. The summed E-state index contributed by atoms with van der Waals surface area (Å²) in [7, 11) is 0. The third-order valence-electron chi connectivity index (χ3n) is 2.39. The Morgan fingerprint density at radius 2 is 2.16 bits per heavy atom. The highest BCUT2D eigenvalue weighted by atomic mass is 16.5. The molecule has 1 heterocycles. The Balaban J connectivity index is 2.03. The van der Waals surface area contributed by atoms with Gasteiger partial charge in [0.1, 0.15) is 11.3 Å². The molecule has 0 radical (unpaired) electrons. The lowest BCUT2D eigenvalue weighted by atomic mass is 10.2. The third kappa shape index (κ3) is 2.89. The molecule has 0 bridgehead atoms. The predicted octanol–water partition coefficient (Wildman–Crippen LogP) is 1.03. The van der Waals surface area contributed by atoms with Crippen molar-refractivity contribution in [2.24, 2.45) is 5.10 Å². The fourth-order valence-electron chi connectivity index (χ4n) is 1.45. The van der Waals surface area contributed by atoms with Gasteiger partial charge in [0.05, 0.1) is 11.9 Å². The number of hydrazone groups is 1. The van der Waals surface area contributed by atoms with Crippen LogP contribution in [-0.2, 0) is 0 Å². The summed E-state index contributed by atoms with van der Waals surface area (Å²) in [6, 6.07) is 6.35. The molecule has 0 atom stereocenters. The normalized spacial score (nSPS) is 10.8. The van der Waals surface area contributed by atoms with Crippen molar-refractivity contribution < 1.29 is 14.4 Å². The lowest BCUT2D eigenvalue weighted by Crippen LogP contribution is -2.19. The Bertz CT molecular complexity index is 597. The zero-order valence-corrected chi connectivity index (χ0v) is 10.1. The molecule has 2 rings (SSSR count). The molecule has 19 heavy (non-hydrogen) atoms. The minimum absolute atomic E-state index is 0.0465. The van der Waals surface area contributed by atoms with E-state index >= 15 is 0 Å². The Hall–Kier alpha value is -2.83. The molecule has 0 aliphatic rings. The average Bonchev–Trinajstić information content (AvgIpc) is 2.71. The van der Waals surface area contributed by atoms with Gasteiger partial charge in [0, 0.05) is 0 Å². The molecule has 0 saturated heterocycles. The number of hydrogen-bond donors (Lipinski definition) is 3. The summed E-state index contributed by atoms with van der Waals surface area (Å²) < 4.78 is 4.68. The van der Waals surface area contributed by atoms with Crippen molar-refractivity contribution in [3.05, 3.63) is 41.1 Å². The Morgan fingerprint density at radius 3 is 2.74 bits per heavy atom. The van der Waals surface area contributed by atoms with E-state index in [4.69, 9.17) is 10.8 Å². The van der Waals surface area contributed by atoms with Crippen LogP contribution in [0.2, 0.25) is 0 Å². The minimum atomic E-state index is -0.494. The maximum atomic E-state index is 11.7. The second-order valence-corrected chi connectivity index (χ2v) is 3.80. The number of phenols is 1. The molecule has 0 saturated carbocycles. The topological polar surface area (TPSA) is 114 Å². The summed E-state index contributed by atoms with van der Waals surface area (Å²) >= 11 is 0. The lowest BCUT2D eigenvalue weighted by Gasteiger charge is -1.98. The molecule has 98 valence electrons. The van der Waals surface area contributed by atoms with Gasteiger partial charge in [-0.25, -0.2) is 5.43 Å². The van der Waals surface area contributed by atoms with E-state index in [0.717, 1.165) is 5.56 Å². The van der Waals surface area contributed by atoms with Gasteiger partial charge in [-0.15, -0.1) is 0 Å². The summed E-state index contributed by atoms with van der Waals surface area (Å²) in [5.41, 5.74) is 9.09. The van der Waals surface area contributed by atoms with Crippen molar-refractivity contribution in [3.8, 4) is 5.75 Å². The van der Waals surface area contributed by atoms with E-state index in [2.05, 4.69) is 20.2 Å². The molecule has 7 nitrogen and oxygen atoms in total. The van der Waals surface area contributed by atoms with Gasteiger partial charge in [0.25, 0.3) is 5.91 Å². The highest BCUT2D eigenvalue weighted by Crippen LogP contribution is 2.14. The number of aromatic nitrogens is 1. The smallest absolute Gasteiger partial charge is 0.278 e. The maximum absolute atomic E-state index is 11.7. The number of aromatic hydroxyl groups is 1. The number of benzene rings is 1. The number of carbonyl (C=O) groups is 1. The molecule has 0 aliphatic carbocycles. The fourth-order valence-corrected chi connectivity index (χ4v) is 1.45. The Kier molecular flexibility index (Phi) is 3.46. The summed E-state index contributed by atoms with van der Waals surface area (Å²) in [4.78, 5) is 11.7. The first-order chi connectivity index (χ1) is 9.08. The first-order valence-corrected chi connectivity index (χ1v) is 5.42. The zero-order valence-electron chi connectivity index (χ0n) is 10.1. The Morgan fingerprint density at radius 1 is 1.47 bits per heavy atom. The number of amides is 1. The van der Waals surface area contributed by atoms with Crippen LogP contribution in [0.15, 0.2) is 33.9 Å². The van der Waals surface area contributed by atoms with Crippen molar-refractivity contribution in [1.82, 2.24) is 10.6 Å². The number of rotatable bonds is 3. The van der Waals surface area contributed by atoms with E-state index in [0.29, 0.717) is 5.69 Å². The van der Waals surface area contributed by atoms with E-state index < -0.39 is 5.91 Å².